The SMILES string of the molecule is COc1ccc2cc1Oc1ccc(cc1)CC1c3cc(OC)c(OC)c(c3CCN1C)Oc1c(O)c(OC)cc3c1C(C2)N(C=O)CC3. The van der Waals surface area contributed by atoms with Crippen LogP contribution in [0.4, 0.5) is 0 Å². The predicted octanol–water partition coefficient (Wildman–Crippen LogP) is 6.39. The fraction of sp³-hybridized carbons (Fsp3) is 0.342. The Balaban J connectivity index is 1.51. The Kier molecular flexibility index (Phi) is 8.43. The molecule has 10 nitrogen and oxygen atoms in total. The number of phenols is 1. The van der Waals surface area contributed by atoms with Crippen molar-refractivity contribution in [3.05, 3.63) is 88.0 Å². The number of hydrogen-bond donors (Lipinski definition) is 1. The standard InChI is InChI=1S/C38H40N2O8/c1-39-14-13-26-27-20-33(45-4)37(46-5)36(26)48-38-34-24(19-32(44-3)35(38)42)12-15-40(21-41)29(34)17-23-8-11-30(43-2)31(18-23)47-25-9-6-22(7-10-25)16-28(27)39/h6-11,18-21,28-29,42H,12-17H2,1-5H3. The van der Waals surface area contributed by atoms with Crippen LogP contribution in [0.1, 0.15) is 45.5 Å². The van der Waals surface area contributed by atoms with E-state index < -0.39 is 6.04 Å². The molecular weight excluding hydrogens is 612 g/mol. The molecule has 10 heteroatoms. The zero-order valence-electron chi connectivity index (χ0n) is 27.9. The quantitative estimate of drug-likeness (QED) is 0.246. The van der Waals surface area contributed by atoms with Gasteiger partial charge in [0.25, 0.3) is 0 Å². The molecule has 48 heavy (non-hydrogen) atoms. The van der Waals surface area contributed by atoms with Gasteiger partial charge in [0, 0.05) is 30.3 Å². The largest absolute Gasteiger partial charge is 0.502 e. The van der Waals surface area contributed by atoms with E-state index in [1.54, 1.807) is 26.2 Å². The van der Waals surface area contributed by atoms with Crippen LogP contribution in [0.15, 0.2) is 54.6 Å². The third-order valence-corrected chi connectivity index (χ3v) is 9.88. The third kappa shape index (κ3) is 5.39. The van der Waals surface area contributed by atoms with Crippen LogP contribution in [0.25, 0.3) is 0 Å². The van der Waals surface area contributed by atoms with Crippen molar-refractivity contribution in [1.29, 1.82) is 0 Å². The van der Waals surface area contributed by atoms with Crippen molar-refractivity contribution in [1.82, 2.24) is 9.80 Å². The molecule has 250 valence electrons. The van der Waals surface area contributed by atoms with Crippen molar-refractivity contribution in [2.24, 2.45) is 0 Å². The van der Waals surface area contributed by atoms with E-state index in [-0.39, 0.29) is 17.5 Å². The normalized spacial score (nSPS) is 18.4. The fourth-order valence-electron chi connectivity index (χ4n) is 7.36. The Morgan fingerprint density at radius 2 is 1.50 bits per heavy atom. The summed E-state index contributed by atoms with van der Waals surface area (Å²) in [7, 11) is 8.45. The molecule has 0 aliphatic carbocycles. The molecule has 0 saturated carbocycles. The molecule has 4 aliphatic rings. The van der Waals surface area contributed by atoms with Gasteiger partial charge in [-0.2, -0.15) is 0 Å². The van der Waals surface area contributed by atoms with E-state index in [0.29, 0.717) is 71.6 Å². The number of aromatic hydroxyl groups is 1. The number of methoxy groups -OCH3 is 4. The second-order valence-corrected chi connectivity index (χ2v) is 12.4. The zero-order chi connectivity index (χ0) is 33.5. The number of likely N-dealkylation sites (N-methyl/N-ethyl adjacent to an activating group) is 1. The molecule has 0 fully saturated rings. The minimum absolute atomic E-state index is 0.00413. The molecule has 2 unspecified atom stereocenters. The minimum atomic E-state index is -0.469. The summed E-state index contributed by atoms with van der Waals surface area (Å²) < 4.78 is 36.5. The fourth-order valence-corrected chi connectivity index (χ4v) is 7.36. The molecule has 0 aromatic heterocycles. The third-order valence-electron chi connectivity index (χ3n) is 9.88. The summed E-state index contributed by atoms with van der Waals surface area (Å²) in [6, 6.07) is 17.3. The van der Waals surface area contributed by atoms with Crippen molar-refractivity contribution < 1.29 is 38.3 Å². The molecule has 4 aromatic carbocycles. The molecule has 1 N–H and O–H groups in total. The van der Waals surface area contributed by atoms with Crippen LogP contribution in [0.5, 0.6) is 51.7 Å². The lowest BCUT2D eigenvalue weighted by molar-refractivity contribution is -0.120. The number of nitrogens with zero attached hydrogens (tertiary/aromatic N) is 2. The topological polar surface area (TPSA) is 99.2 Å². The van der Waals surface area contributed by atoms with Gasteiger partial charge in [0.15, 0.2) is 34.5 Å². The Morgan fingerprint density at radius 3 is 2.21 bits per heavy atom. The highest BCUT2D eigenvalue weighted by atomic mass is 16.5. The minimum Gasteiger partial charge on any atom is -0.502 e. The second-order valence-electron chi connectivity index (χ2n) is 12.4. The predicted molar refractivity (Wildman–Crippen MR) is 179 cm³/mol. The van der Waals surface area contributed by atoms with E-state index in [0.717, 1.165) is 47.2 Å². The number of carbonyl (C=O) groups is 1. The first-order valence-electron chi connectivity index (χ1n) is 16.1. The molecule has 1 amide bonds. The average molecular weight is 653 g/mol. The van der Waals surface area contributed by atoms with Crippen molar-refractivity contribution in [2.75, 3.05) is 48.6 Å². The Labute approximate surface area is 280 Å². The first-order chi connectivity index (χ1) is 23.4. The van der Waals surface area contributed by atoms with Crippen molar-refractivity contribution in [3.63, 3.8) is 0 Å². The highest BCUT2D eigenvalue weighted by molar-refractivity contribution is 5.67. The van der Waals surface area contributed by atoms with Crippen LogP contribution in [0, 0.1) is 0 Å². The van der Waals surface area contributed by atoms with E-state index in [4.69, 9.17) is 28.4 Å². The lowest BCUT2D eigenvalue weighted by atomic mass is 9.86. The molecule has 0 saturated heterocycles. The molecular formula is C38H40N2O8. The molecule has 8 bridgehead atoms. The van der Waals surface area contributed by atoms with Crippen LogP contribution in [-0.4, -0.2) is 69.9 Å². The number of amides is 1. The molecule has 0 radical (unpaired) electrons. The maximum Gasteiger partial charge on any atom is 0.210 e. The van der Waals surface area contributed by atoms with Gasteiger partial charge in [0.2, 0.25) is 17.9 Å². The molecule has 2 atom stereocenters. The maximum atomic E-state index is 12.6. The summed E-state index contributed by atoms with van der Waals surface area (Å²) in [6.07, 6.45) is 3.27. The van der Waals surface area contributed by atoms with Gasteiger partial charge in [-0.1, -0.05) is 18.2 Å². The molecule has 4 aromatic rings. The van der Waals surface area contributed by atoms with Gasteiger partial charge in [-0.15, -0.1) is 0 Å². The summed E-state index contributed by atoms with van der Waals surface area (Å²) >= 11 is 0. The number of phenolic OH excluding ortho intramolecular Hbond substituents is 1. The van der Waals surface area contributed by atoms with Gasteiger partial charge >= 0.3 is 0 Å². The lowest BCUT2D eigenvalue weighted by Gasteiger charge is -2.38. The van der Waals surface area contributed by atoms with E-state index in [1.807, 2.05) is 42.5 Å². The summed E-state index contributed by atoms with van der Waals surface area (Å²) in [4.78, 5) is 16.7. The average Bonchev–Trinajstić information content (AvgIpc) is 3.10. The highest BCUT2D eigenvalue weighted by Crippen LogP contribution is 2.54. The van der Waals surface area contributed by atoms with Gasteiger partial charge in [0.1, 0.15) is 5.75 Å². The van der Waals surface area contributed by atoms with Crippen molar-refractivity contribution >= 4 is 6.41 Å². The number of hydrogen-bond acceptors (Lipinski definition) is 9. The van der Waals surface area contributed by atoms with Gasteiger partial charge in [-0.05, 0) is 91.4 Å². The van der Waals surface area contributed by atoms with E-state index in [1.165, 1.54) is 7.11 Å². The smallest absolute Gasteiger partial charge is 0.210 e. The van der Waals surface area contributed by atoms with Crippen LogP contribution >= 0.6 is 0 Å². The Hall–Kier alpha value is -5.09. The van der Waals surface area contributed by atoms with Gasteiger partial charge < -0.3 is 38.4 Å². The second kappa shape index (κ2) is 12.8. The Bertz CT molecular complexity index is 1860. The summed E-state index contributed by atoms with van der Waals surface area (Å²) in [6.45, 7) is 1.27. The number of fused-ring (bicyclic) bond motifs is 2. The van der Waals surface area contributed by atoms with E-state index in [2.05, 4.69) is 24.1 Å². The first kappa shape index (κ1) is 31.5. The number of ether oxygens (including phenoxy) is 6. The van der Waals surface area contributed by atoms with Crippen molar-refractivity contribution in [2.45, 2.75) is 37.8 Å². The van der Waals surface area contributed by atoms with Gasteiger partial charge in [0.05, 0.1) is 34.5 Å². The van der Waals surface area contributed by atoms with Crippen LogP contribution in [0.2, 0.25) is 0 Å². The monoisotopic (exact) mass is 652 g/mol. The number of rotatable bonds is 5. The molecule has 4 aliphatic heterocycles. The number of benzene rings is 4. The van der Waals surface area contributed by atoms with E-state index in [9.17, 15) is 9.90 Å². The van der Waals surface area contributed by atoms with E-state index >= 15 is 0 Å². The maximum absolute atomic E-state index is 12.6. The molecule has 0 spiro atoms. The summed E-state index contributed by atoms with van der Waals surface area (Å²) in [5.74, 6) is 3.66. The Morgan fingerprint density at radius 1 is 0.771 bits per heavy atom. The zero-order valence-corrected chi connectivity index (χ0v) is 27.9. The van der Waals surface area contributed by atoms with Crippen LogP contribution in [0.3, 0.4) is 0 Å². The van der Waals surface area contributed by atoms with Crippen LogP contribution in [-0.2, 0) is 30.5 Å². The number of carbonyl (C=O) groups excluding carboxylic acids is 1. The lowest BCUT2D eigenvalue weighted by Crippen LogP contribution is -2.36. The summed E-state index contributed by atoms with van der Waals surface area (Å²) in [5, 5.41) is 11.8. The first-order valence-corrected chi connectivity index (χ1v) is 16.1. The van der Waals surface area contributed by atoms with Crippen molar-refractivity contribution in [3.8, 4) is 51.7 Å². The highest BCUT2D eigenvalue weighted by Gasteiger charge is 2.37. The summed E-state index contributed by atoms with van der Waals surface area (Å²) in [5.41, 5.74) is 5.73. The van der Waals surface area contributed by atoms with Crippen LogP contribution < -0.4 is 28.4 Å². The van der Waals surface area contributed by atoms with Gasteiger partial charge in [-0.25, -0.2) is 0 Å². The molecule has 8 rings (SSSR count). The molecule has 4 heterocycles. The van der Waals surface area contributed by atoms with Gasteiger partial charge in [-0.3, -0.25) is 9.69 Å².